The molecule has 0 saturated heterocycles. The monoisotopic (exact) mass is 270 g/mol. The SMILES string of the molecule is NCCc1cc2cc(-c3cc[c]cc3)cc(Cl)c2o1. The summed E-state index contributed by atoms with van der Waals surface area (Å²) in [5.41, 5.74) is 8.47. The molecule has 19 heavy (non-hydrogen) atoms. The van der Waals surface area contributed by atoms with Gasteiger partial charge in [-0.05, 0) is 41.9 Å². The Bertz CT molecular complexity index is 703. The van der Waals surface area contributed by atoms with Crippen molar-refractivity contribution in [3.05, 3.63) is 59.3 Å². The van der Waals surface area contributed by atoms with Crippen molar-refractivity contribution in [2.24, 2.45) is 5.73 Å². The van der Waals surface area contributed by atoms with Crippen LogP contribution in [0.25, 0.3) is 22.1 Å². The summed E-state index contributed by atoms with van der Waals surface area (Å²) < 4.78 is 5.71. The lowest BCUT2D eigenvalue weighted by atomic mass is 10.0. The first-order valence-corrected chi connectivity index (χ1v) is 6.54. The Labute approximate surface area is 116 Å². The summed E-state index contributed by atoms with van der Waals surface area (Å²) in [7, 11) is 0. The van der Waals surface area contributed by atoms with Crippen molar-refractivity contribution in [1.29, 1.82) is 0 Å². The number of hydrogen-bond donors (Lipinski definition) is 1. The molecule has 0 aliphatic heterocycles. The van der Waals surface area contributed by atoms with Crippen LogP contribution >= 0.6 is 11.6 Å². The minimum Gasteiger partial charge on any atom is -0.459 e. The van der Waals surface area contributed by atoms with Crippen molar-refractivity contribution < 1.29 is 4.42 Å². The number of rotatable bonds is 3. The molecule has 95 valence electrons. The molecule has 0 spiro atoms. The van der Waals surface area contributed by atoms with E-state index in [2.05, 4.69) is 12.1 Å². The van der Waals surface area contributed by atoms with E-state index in [1.54, 1.807) is 0 Å². The van der Waals surface area contributed by atoms with Crippen molar-refractivity contribution in [2.75, 3.05) is 6.54 Å². The van der Waals surface area contributed by atoms with Gasteiger partial charge in [-0.25, -0.2) is 0 Å². The molecule has 2 nitrogen and oxygen atoms in total. The van der Waals surface area contributed by atoms with Crippen LogP contribution in [-0.4, -0.2) is 6.54 Å². The predicted molar refractivity (Wildman–Crippen MR) is 78.3 cm³/mol. The van der Waals surface area contributed by atoms with Gasteiger partial charge in [0.2, 0.25) is 0 Å². The van der Waals surface area contributed by atoms with Crippen molar-refractivity contribution in [1.82, 2.24) is 0 Å². The van der Waals surface area contributed by atoms with Crippen molar-refractivity contribution in [2.45, 2.75) is 6.42 Å². The fraction of sp³-hybridized carbons (Fsp3) is 0.125. The maximum absolute atomic E-state index is 6.29. The molecule has 3 rings (SSSR count). The van der Waals surface area contributed by atoms with Crippen molar-refractivity contribution >= 4 is 22.6 Å². The van der Waals surface area contributed by atoms with E-state index in [1.165, 1.54) is 0 Å². The van der Waals surface area contributed by atoms with Gasteiger partial charge in [-0.1, -0.05) is 35.9 Å². The zero-order valence-corrected chi connectivity index (χ0v) is 11.1. The smallest absolute Gasteiger partial charge is 0.152 e. The van der Waals surface area contributed by atoms with Gasteiger partial charge < -0.3 is 10.2 Å². The summed E-state index contributed by atoms with van der Waals surface area (Å²) in [5, 5.41) is 1.64. The fourth-order valence-electron chi connectivity index (χ4n) is 2.18. The number of nitrogens with two attached hydrogens (primary N) is 1. The standard InChI is InChI=1S/C16H13ClNO/c17-15-10-12(11-4-2-1-3-5-11)8-13-9-14(6-7-18)19-16(13)15/h2-5,8-10H,6-7,18H2. The summed E-state index contributed by atoms with van der Waals surface area (Å²) in [6.07, 6.45) is 0.723. The van der Waals surface area contributed by atoms with E-state index in [1.807, 2.05) is 36.4 Å². The van der Waals surface area contributed by atoms with Crippen LogP contribution in [0.15, 0.2) is 46.9 Å². The van der Waals surface area contributed by atoms with Gasteiger partial charge in [0, 0.05) is 11.8 Å². The zero-order chi connectivity index (χ0) is 13.2. The van der Waals surface area contributed by atoms with Crippen molar-refractivity contribution in [3.63, 3.8) is 0 Å². The lowest BCUT2D eigenvalue weighted by molar-refractivity contribution is 0.550. The summed E-state index contributed by atoms with van der Waals surface area (Å²) in [6, 6.07) is 16.8. The molecule has 0 bridgehead atoms. The third kappa shape index (κ3) is 2.37. The highest BCUT2D eigenvalue weighted by atomic mass is 35.5. The first-order chi connectivity index (χ1) is 9.28. The van der Waals surface area contributed by atoms with E-state index in [4.69, 9.17) is 21.8 Å². The van der Waals surface area contributed by atoms with E-state index in [0.717, 1.165) is 34.3 Å². The van der Waals surface area contributed by atoms with E-state index >= 15 is 0 Å². The van der Waals surface area contributed by atoms with E-state index in [9.17, 15) is 0 Å². The first-order valence-electron chi connectivity index (χ1n) is 6.16. The number of furan rings is 1. The minimum atomic E-state index is 0.568. The maximum atomic E-state index is 6.29. The quantitative estimate of drug-likeness (QED) is 0.780. The second kappa shape index (κ2) is 5.08. The molecule has 0 saturated carbocycles. The highest BCUT2D eigenvalue weighted by molar-refractivity contribution is 6.35. The molecule has 3 aromatic rings. The summed E-state index contributed by atoms with van der Waals surface area (Å²) in [6.45, 7) is 0.568. The summed E-state index contributed by atoms with van der Waals surface area (Å²) >= 11 is 6.29. The third-order valence-corrected chi connectivity index (χ3v) is 3.35. The average Bonchev–Trinajstić information content (AvgIpc) is 2.83. The van der Waals surface area contributed by atoms with Crippen molar-refractivity contribution in [3.8, 4) is 11.1 Å². The third-order valence-electron chi connectivity index (χ3n) is 3.06. The molecule has 1 radical (unpaired) electrons. The highest BCUT2D eigenvalue weighted by Crippen LogP contribution is 2.32. The molecule has 0 atom stereocenters. The molecule has 0 amide bonds. The zero-order valence-electron chi connectivity index (χ0n) is 10.3. The normalized spacial score (nSPS) is 11.1. The van der Waals surface area contributed by atoms with Gasteiger partial charge in [0.25, 0.3) is 0 Å². The number of benzene rings is 2. The molecule has 2 aromatic carbocycles. The molecule has 0 aliphatic carbocycles. The molecule has 1 heterocycles. The Hall–Kier alpha value is -1.77. The van der Waals surface area contributed by atoms with Gasteiger partial charge in [-0.3, -0.25) is 0 Å². The van der Waals surface area contributed by atoms with Crippen LogP contribution < -0.4 is 5.73 Å². The molecule has 0 aliphatic rings. The van der Waals surface area contributed by atoms with Crippen LogP contribution in [-0.2, 0) is 6.42 Å². The maximum Gasteiger partial charge on any atom is 0.152 e. The van der Waals surface area contributed by atoms with Crippen LogP contribution in [0, 0.1) is 6.07 Å². The molecular formula is C16H13ClNO. The Morgan fingerprint density at radius 1 is 1.11 bits per heavy atom. The number of hydrogen-bond acceptors (Lipinski definition) is 2. The molecule has 2 N–H and O–H groups in total. The van der Waals surface area contributed by atoms with Crippen LogP contribution in [0.5, 0.6) is 0 Å². The Balaban J connectivity index is 2.13. The second-order valence-electron chi connectivity index (χ2n) is 4.42. The number of fused-ring (bicyclic) bond motifs is 1. The lowest BCUT2D eigenvalue weighted by Gasteiger charge is -2.02. The van der Waals surface area contributed by atoms with Gasteiger partial charge >= 0.3 is 0 Å². The summed E-state index contributed by atoms with van der Waals surface area (Å²) in [4.78, 5) is 0. The molecule has 0 fully saturated rings. The van der Waals surface area contributed by atoms with E-state index in [-0.39, 0.29) is 0 Å². The van der Waals surface area contributed by atoms with Gasteiger partial charge in [-0.2, -0.15) is 0 Å². The largest absolute Gasteiger partial charge is 0.459 e. The van der Waals surface area contributed by atoms with Crippen LogP contribution in [0.2, 0.25) is 5.02 Å². The minimum absolute atomic E-state index is 0.568. The summed E-state index contributed by atoms with van der Waals surface area (Å²) in [5.74, 6) is 0.873. The van der Waals surface area contributed by atoms with Crippen LogP contribution in [0.1, 0.15) is 5.76 Å². The molecule has 0 unspecified atom stereocenters. The average molecular weight is 271 g/mol. The van der Waals surface area contributed by atoms with Gasteiger partial charge in [0.1, 0.15) is 5.76 Å². The Morgan fingerprint density at radius 2 is 1.89 bits per heavy atom. The molecule has 3 heteroatoms. The highest BCUT2D eigenvalue weighted by Gasteiger charge is 2.09. The molecule has 1 aromatic heterocycles. The Kier molecular flexibility index (Phi) is 3.28. The molecular weight excluding hydrogens is 258 g/mol. The van der Waals surface area contributed by atoms with Gasteiger partial charge in [0.15, 0.2) is 5.58 Å². The van der Waals surface area contributed by atoms with Gasteiger partial charge in [-0.15, -0.1) is 0 Å². The van der Waals surface area contributed by atoms with E-state index in [0.29, 0.717) is 11.6 Å². The number of halogens is 1. The van der Waals surface area contributed by atoms with Gasteiger partial charge in [0.05, 0.1) is 5.02 Å². The second-order valence-corrected chi connectivity index (χ2v) is 4.82. The Morgan fingerprint density at radius 3 is 2.63 bits per heavy atom. The predicted octanol–water partition coefficient (Wildman–Crippen LogP) is 4.05. The first kappa shape index (κ1) is 12.3. The van der Waals surface area contributed by atoms with Crippen LogP contribution in [0.4, 0.5) is 0 Å². The fourth-order valence-corrected chi connectivity index (χ4v) is 2.44. The van der Waals surface area contributed by atoms with Crippen LogP contribution in [0.3, 0.4) is 0 Å². The topological polar surface area (TPSA) is 39.2 Å². The lowest BCUT2D eigenvalue weighted by Crippen LogP contribution is -2.01. The van der Waals surface area contributed by atoms with E-state index < -0.39 is 0 Å².